The third-order valence-electron chi connectivity index (χ3n) is 2.50. The Bertz CT molecular complexity index is 501. The smallest absolute Gasteiger partial charge is 0.331 e. The van der Waals surface area contributed by atoms with Gasteiger partial charge in [0.1, 0.15) is 6.61 Å². The number of hydrogen-bond acceptors (Lipinski definition) is 2. The number of rotatable bonds is 6. The molecule has 0 saturated heterocycles. The number of hydrogen-bond donors (Lipinski definition) is 0. The molecule has 20 heavy (non-hydrogen) atoms. The molecule has 0 spiro atoms. The van der Waals surface area contributed by atoms with Crippen molar-refractivity contribution in [2.45, 2.75) is 32.8 Å². The van der Waals surface area contributed by atoms with Gasteiger partial charge in [-0.2, -0.15) is 0 Å². The number of allylic oxidation sites excluding steroid dienone is 3. The highest BCUT2D eigenvalue weighted by Gasteiger charge is 1.96. The van der Waals surface area contributed by atoms with Crippen LogP contribution < -0.4 is 0 Å². The molecule has 1 aromatic carbocycles. The highest BCUT2D eigenvalue weighted by molar-refractivity contribution is 5.82. The van der Waals surface area contributed by atoms with Gasteiger partial charge in [-0.3, -0.25) is 0 Å². The summed E-state index contributed by atoms with van der Waals surface area (Å²) in [7, 11) is 0. The second kappa shape index (κ2) is 10.6. The van der Waals surface area contributed by atoms with E-state index in [0.717, 1.165) is 24.8 Å². The quantitative estimate of drug-likeness (QED) is 0.256. The minimum absolute atomic E-state index is 0.296. The summed E-state index contributed by atoms with van der Waals surface area (Å²) in [5.74, 6) is 5.60. The summed E-state index contributed by atoms with van der Waals surface area (Å²) in [6.45, 7) is 2.44. The Morgan fingerprint density at radius 2 is 2.05 bits per heavy atom. The lowest BCUT2D eigenvalue weighted by molar-refractivity contribution is -0.139. The number of carbonyl (C=O) groups excluding carboxylic acids is 1. The van der Waals surface area contributed by atoms with Crippen LogP contribution in [0.1, 0.15) is 31.7 Å². The van der Waals surface area contributed by atoms with Gasteiger partial charge in [-0.05, 0) is 18.1 Å². The maximum atomic E-state index is 11.4. The van der Waals surface area contributed by atoms with Gasteiger partial charge in [-0.15, -0.1) is 0 Å². The molecule has 0 aliphatic carbocycles. The lowest BCUT2D eigenvalue weighted by Crippen LogP contribution is -2.00. The van der Waals surface area contributed by atoms with Crippen LogP contribution >= 0.6 is 0 Å². The zero-order valence-electron chi connectivity index (χ0n) is 11.8. The standard InChI is InChI=1S/C18H20O2/c1-2-3-4-5-6-7-8-12-15-18(19)20-16-17-13-10-9-11-14-17/h7-15H,2-4,16H2,1H3/b8-7+,15-12+. The second-order valence-corrected chi connectivity index (χ2v) is 4.24. The molecule has 0 aromatic heterocycles. The molecular formula is C18H20O2. The van der Waals surface area contributed by atoms with Gasteiger partial charge in [-0.1, -0.05) is 67.7 Å². The van der Waals surface area contributed by atoms with Crippen molar-refractivity contribution >= 4 is 5.97 Å². The SMILES string of the molecule is CCCCC#C/C=C/C=C/C(=O)OCc1ccccc1. The summed E-state index contributed by atoms with van der Waals surface area (Å²) in [4.78, 5) is 11.4. The van der Waals surface area contributed by atoms with Crippen molar-refractivity contribution in [2.24, 2.45) is 0 Å². The molecule has 0 atom stereocenters. The molecule has 0 heterocycles. The first kappa shape index (κ1) is 15.8. The Hall–Kier alpha value is -2.27. The van der Waals surface area contributed by atoms with Gasteiger partial charge in [0.2, 0.25) is 0 Å². The van der Waals surface area contributed by atoms with Gasteiger partial charge in [-0.25, -0.2) is 4.79 Å². The van der Waals surface area contributed by atoms with Crippen LogP contribution in [0.5, 0.6) is 0 Å². The molecular weight excluding hydrogens is 248 g/mol. The van der Waals surface area contributed by atoms with Crippen LogP contribution in [0.25, 0.3) is 0 Å². The van der Waals surface area contributed by atoms with E-state index in [1.807, 2.05) is 30.3 Å². The Labute approximate surface area is 121 Å². The van der Waals surface area contributed by atoms with Crippen LogP contribution in [0, 0.1) is 11.8 Å². The van der Waals surface area contributed by atoms with Crippen molar-refractivity contribution in [1.29, 1.82) is 0 Å². The molecule has 1 rings (SSSR count). The average molecular weight is 268 g/mol. The van der Waals surface area contributed by atoms with Crippen molar-refractivity contribution in [3.63, 3.8) is 0 Å². The molecule has 0 bridgehead atoms. The van der Waals surface area contributed by atoms with E-state index in [0.29, 0.717) is 6.61 Å². The first-order chi connectivity index (χ1) is 9.83. The maximum Gasteiger partial charge on any atom is 0.331 e. The van der Waals surface area contributed by atoms with E-state index in [9.17, 15) is 4.79 Å². The van der Waals surface area contributed by atoms with Crippen molar-refractivity contribution < 1.29 is 9.53 Å². The van der Waals surface area contributed by atoms with Crippen LogP contribution in [0.15, 0.2) is 54.6 Å². The monoisotopic (exact) mass is 268 g/mol. The van der Waals surface area contributed by atoms with Crippen molar-refractivity contribution in [3.05, 3.63) is 60.2 Å². The van der Waals surface area contributed by atoms with Crippen LogP contribution in [-0.2, 0) is 16.1 Å². The normalized spacial score (nSPS) is 10.4. The fourth-order valence-electron chi connectivity index (χ4n) is 1.41. The van der Waals surface area contributed by atoms with Gasteiger partial charge in [0, 0.05) is 12.5 Å². The molecule has 0 N–H and O–H groups in total. The van der Waals surface area contributed by atoms with E-state index < -0.39 is 0 Å². The highest BCUT2D eigenvalue weighted by atomic mass is 16.5. The first-order valence-corrected chi connectivity index (χ1v) is 6.85. The van der Waals surface area contributed by atoms with Gasteiger partial charge in [0.05, 0.1) is 0 Å². The lowest BCUT2D eigenvalue weighted by atomic mass is 10.2. The van der Waals surface area contributed by atoms with Crippen LogP contribution in [0.4, 0.5) is 0 Å². The molecule has 0 unspecified atom stereocenters. The summed E-state index contributed by atoms with van der Waals surface area (Å²) in [6, 6.07) is 9.60. The topological polar surface area (TPSA) is 26.3 Å². The Morgan fingerprint density at radius 1 is 1.25 bits per heavy atom. The van der Waals surface area contributed by atoms with Crippen LogP contribution in [-0.4, -0.2) is 5.97 Å². The summed E-state index contributed by atoms with van der Waals surface area (Å²) in [5.41, 5.74) is 0.978. The fraction of sp³-hybridized carbons (Fsp3) is 0.278. The van der Waals surface area contributed by atoms with Crippen molar-refractivity contribution in [2.75, 3.05) is 0 Å². The van der Waals surface area contributed by atoms with Crippen molar-refractivity contribution in [1.82, 2.24) is 0 Å². The van der Waals surface area contributed by atoms with Gasteiger partial charge < -0.3 is 4.74 Å². The number of esters is 1. The second-order valence-electron chi connectivity index (χ2n) is 4.24. The van der Waals surface area contributed by atoms with E-state index in [-0.39, 0.29) is 5.97 Å². The lowest BCUT2D eigenvalue weighted by Gasteiger charge is -2.00. The number of benzene rings is 1. The third-order valence-corrected chi connectivity index (χ3v) is 2.50. The van der Waals surface area contributed by atoms with E-state index in [1.165, 1.54) is 6.08 Å². The minimum Gasteiger partial charge on any atom is -0.458 e. The maximum absolute atomic E-state index is 11.4. The van der Waals surface area contributed by atoms with Gasteiger partial charge >= 0.3 is 5.97 Å². The van der Waals surface area contributed by atoms with Gasteiger partial charge in [0.15, 0.2) is 0 Å². The first-order valence-electron chi connectivity index (χ1n) is 6.85. The predicted molar refractivity (Wildman–Crippen MR) is 81.8 cm³/mol. The fourth-order valence-corrected chi connectivity index (χ4v) is 1.41. The van der Waals surface area contributed by atoms with E-state index >= 15 is 0 Å². The van der Waals surface area contributed by atoms with Crippen LogP contribution in [0.3, 0.4) is 0 Å². The Balaban J connectivity index is 2.22. The highest BCUT2D eigenvalue weighted by Crippen LogP contribution is 2.00. The summed E-state index contributed by atoms with van der Waals surface area (Å²) >= 11 is 0. The summed E-state index contributed by atoms with van der Waals surface area (Å²) in [5, 5.41) is 0. The van der Waals surface area contributed by atoms with Crippen molar-refractivity contribution in [3.8, 4) is 11.8 Å². The minimum atomic E-state index is -0.350. The summed E-state index contributed by atoms with van der Waals surface area (Å²) in [6.07, 6.45) is 9.71. The third kappa shape index (κ3) is 7.94. The molecule has 0 aliphatic heterocycles. The van der Waals surface area contributed by atoms with E-state index in [4.69, 9.17) is 4.74 Å². The van der Waals surface area contributed by atoms with E-state index in [1.54, 1.807) is 18.2 Å². The van der Waals surface area contributed by atoms with Gasteiger partial charge in [0.25, 0.3) is 0 Å². The zero-order chi connectivity index (χ0) is 14.5. The largest absolute Gasteiger partial charge is 0.458 e. The Morgan fingerprint density at radius 3 is 2.80 bits per heavy atom. The molecule has 104 valence electrons. The number of unbranched alkanes of at least 4 members (excludes halogenated alkanes) is 2. The molecule has 0 aliphatic rings. The predicted octanol–water partition coefficient (Wildman–Crippen LogP) is 4.04. The molecule has 0 saturated carbocycles. The summed E-state index contributed by atoms with van der Waals surface area (Å²) < 4.78 is 5.09. The number of carbonyl (C=O) groups is 1. The molecule has 2 heteroatoms. The van der Waals surface area contributed by atoms with Crippen LogP contribution in [0.2, 0.25) is 0 Å². The molecule has 1 aromatic rings. The molecule has 0 amide bonds. The average Bonchev–Trinajstić information content (AvgIpc) is 2.49. The van der Waals surface area contributed by atoms with E-state index in [2.05, 4.69) is 18.8 Å². The molecule has 2 nitrogen and oxygen atoms in total. The zero-order valence-corrected chi connectivity index (χ0v) is 11.8. The molecule has 0 fully saturated rings. The number of ether oxygens (including phenoxy) is 1. The Kier molecular flexibility index (Phi) is 8.39. The molecule has 0 radical (unpaired) electrons.